The molecule has 2 aromatic heterocycles. The summed E-state index contributed by atoms with van der Waals surface area (Å²) in [6, 6.07) is 9.38. The van der Waals surface area contributed by atoms with E-state index in [0.717, 1.165) is 61.4 Å². The van der Waals surface area contributed by atoms with Crippen molar-refractivity contribution in [3.05, 3.63) is 52.7 Å². The van der Waals surface area contributed by atoms with E-state index in [-0.39, 0.29) is 12.5 Å². The van der Waals surface area contributed by atoms with E-state index >= 15 is 0 Å². The predicted molar refractivity (Wildman–Crippen MR) is 142 cm³/mol. The van der Waals surface area contributed by atoms with Crippen molar-refractivity contribution in [1.82, 2.24) is 14.9 Å². The van der Waals surface area contributed by atoms with Crippen molar-refractivity contribution in [1.29, 1.82) is 0 Å². The van der Waals surface area contributed by atoms with Gasteiger partial charge in [0.15, 0.2) is 0 Å². The molecular formula is C28H33FN4O2S. The number of alkyl halides is 1. The number of rotatable bonds is 8. The second-order valence-electron chi connectivity index (χ2n) is 10.00. The molecule has 6 nitrogen and oxygen atoms in total. The highest BCUT2D eigenvalue weighted by atomic mass is 32.1. The van der Waals surface area contributed by atoms with Gasteiger partial charge in [-0.15, -0.1) is 0 Å². The van der Waals surface area contributed by atoms with Crippen LogP contribution >= 0.6 is 11.3 Å². The van der Waals surface area contributed by atoms with Gasteiger partial charge in [-0.05, 0) is 82.0 Å². The van der Waals surface area contributed by atoms with Gasteiger partial charge in [0.05, 0.1) is 16.8 Å². The number of benzene rings is 1. The van der Waals surface area contributed by atoms with Crippen LogP contribution in [0, 0.1) is 11.8 Å². The van der Waals surface area contributed by atoms with E-state index in [1.54, 1.807) is 17.5 Å². The smallest absolute Gasteiger partial charge is 0.277 e. The largest absolute Gasteiger partial charge is 0.467 e. The molecule has 1 amide bonds. The van der Waals surface area contributed by atoms with Gasteiger partial charge in [0, 0.05) is 35.8 Å². The van der Waals surface area contributed by atoms with Crippen LogP contribution in [0.5, 0.6) is 5.19 Å². The molecule has 36 heavy (non-hydrogen) atoms. The summed E-state index contributed by atoms with van der Waals surface area (Å²) in [4.78, 5) is 29.7. The molecule has 1 aliphatic carbocycles. The molecule has 0 spiro atoms. The summed E-state index contributed by atoms with van der Waals surface area (Å²) in [7, 11) is 0. The first-order valence-corrected chi connectivity index (χ1v) is 13.8. The minimum atomic E-state index is -0.981. The number of aliphatic imine (C=N–C) groups is 1. The Morgan fingerprint density at radius 2 is 2.14 bits per heavy atom. The van der Waals surface area contributed by atoms with Gasteiger partial charge in [0.1, 0.15) is 12.8 Å². The van der Waals surface area contributed by atoms with Crippen LogP contribution in [0.4, 0.5) is 4.39 Å². The molecule has 3 heterocycles. The number of ether oxygens (including phenoxy) is 1. The van der Waals surface area contributed by atoms with E-state index in [0.29, 0.717) is 16.7 Å². The summed E-state index contributed by atoms with van der Waals surface area (Å²) in [5.41, 5.74) is 2.53. The molecule has 0 N–H and O–H groups in total. The third kappa shape index (κ3) is 6.16. The van der Waals surface area contributed by atoms with Crippen molar-refractivity contribution in [3.8, 4) is 5.19 Å². The summed E-state index contributed by atoms with van der Waals surface area (Å²) in [5, 5.41) is 1.45. The fraction of sp³-hybridized carbons (Fsp3) is 0.500. The second kappa shape index (κ2) is 11.6. The SMILES string of the molecule is CC(F)COc1nc2c(s1)CCN(CCC1CCC(C=NC(=O)c3cccc4ncccc34)CC1)C2. The number of aromatic nitrogens is 2. The molecule has 1 unspecified atom stereocenters. The molecule has 0 radical (unpaired) electrons. The molecule has 2 aliphatic rings. The Kier molecular flexibility index (Phi) is 8.02. The van der Waals surface area contributed by atoms with E-state index in [2.05, 4.69) is 19.9 Å². The van der Waals surface area contributed by atoms with Crippen molar-refractivity contribution in [2.75, 3.05) is 19.7 Å². The zero-order valence-corrected chi connectivity index (χ0v) is 21.6. The van der Waals surface area contributed by atoms with Crippen molar-refractivity contribution < 1.29 is 13.9 Å². The molecular weight excluding hydrogens is 475 g/mol. The Morgan fingerprint density at radius 3 is 2.97 bits per heavy atom. The Morgan fingerprint density at radius 1 is 1.28 bits per heavy atom. The number of amides is 1. The number of carbonyl (C=O) groups is 1. The zero-order valence-electron chi connectivity index (χ0n) is 20.7. The summed E-state index contributed by atoms with van der Waals surface area (Å²) < 4.78 is 18.5. The lowest BCUT2D eigenvalue weighted by Gasteiger charge is -2.30. The molecule has 1 aromatic carbocycles. The molecule has 1 fully saturated rings. The highest BCUT2D eigenvalue weighted by Gasteiger charge is 2.24. The lowest BCUT2D eigenvalue weighted by atomic mass is 9.81. The van der Waals surface area contributed by atoms with Crippen molar-refractivity contribution in [2.45, 2.75) is 58.2 Å². The monoisotopic (exact) mass is 508 g/mol. The number of hydrogen-bond acceptors (Lipinski definition) is 6. The Balaban J connectivity index is 1.06. The van der Waals surface area contributed by atoms with Crippen molar-refractivity contribution >= 4 is 34.4 Å². The molecule has 1 aliphatic heterocycles. The summed E-state index contributed by atoms with van der Waals surface area (Å²) >= 11 is 1.57. The Bertz CT molecular complexity index is 1210. The third-order valence-electron chi connectivity index (χ3n) is 7.25. The molecule has 3 aromatic rings. The minimum absolute atomic E-state index is 0.0678. The maximum absolute atomic E-state index is 13.1. The van der Waals surface area contributed by atoms with Crippen LogP contribution < -0.4 is 4.74 Å². The average molecular weight is 509 g/mol. The van der Waals surface area contributed by atoms with E-state index in [1.807, 2.05) is 36.5 Å². The second-order valence-corrected chi connectivity index (χ2v) is 11.0. The standard InChI is InChI=1S/C28H33FN4O2S/c1-19(29)18-35-28-32-25-17-33(15-12-26(25)36-28)14-11-20-7-9-21(10-8-20)16-31-27(34)23-4-2-6-24-22(23)5-3-13-30-24/h2-6,13,16,19-21H,7-12,14-15,17-18H2,1H3. The topological polar surface area (TPSA) is 67.7 Å². The number of halogens is 1. The fourth-order valence-electron chi connectivity index (χ4n) is 5.19. The van der Waals surface area contributed by atoms with Gasteiger partial charge in [-0.3, -0.25) is 14.7 Å². The summed E-state index contributed by atoms with van der Waals surface area (Å²) in [5.74, 6) is 0.905. The number of pyridine rings is 1. The number of fused-ring (bicyclic) bond motifs is 2. The van der Waals surface area contributed by atoms with Gasteiger partial charge < -0.3 is 4.74 Å². The molecule has 8 heteroatoms. The molecule has 1 atom stereocenters. The third-order valence-corrected chi connectivity index (χ3v) is 8.32. The minimum Gasteiger partial charge on any atom is -0.467 e. The van der Waals surface area contributed by atoms with Crippen LogP contribution in [-0.4, -0.2) is 52.9 Å². The maximum atomic E-state index is 13.1. The summed E-state index contributed by atoms with van der Waals surface area (Å²) in [6.45, 7) is 4.54. The van der Waals surface area contributed by atoms with Gasteiger partial charge in [0.2, 0.25) is 0 Å². The fourth-order valence-corrected chi connectivity index (χ4v) is 6.11. The van der Waals surface area contributed by atoms with Crippen LogP contribution in [0.3, 0.4) is 0 Å². The van der Waals surface area contributed by atoms with Gasteiger partial charge in [-0.1, -0.05) is 23.5 Å². The Labute approximate surface area is 215 Å². The van der Waals surface area contributed by atoms with Crippen molar-refractivity contribution in [2.24, 2.45) is 16.8 Å². The molecule has 190 valence electrons. The number of thiazole rings is 1. The van der Waals surface area contributed by atoms with Crippen LogP contribution in [0.2, 0.25) is 0 Å². The molecule has 1 saturated carbocycles. The maximum Gasteiger partial charge on any atom is 0.277 e. The number of nitrogens with zero attached hydrogens (tertiary/aromatic N) is 4. The van der Waals surface area contributed by atoms with Crippen LogP contribution in [-0.2, 0) is 13.0 Å². The number of hydrogen-bond donors (Lipinski definition) is 0. The van der Waals surface area contributed by atoms with Gasteiger partial charge >= 0.3 is 0 Å². The first-order valence-electron chi connectivity index (χ1n) is 12.9. The molecule has 5 rings (SSSR count). The quantitative estimate of drug-likeness (QED) is 0.355. The van der Waals surface area contributed by atoms with E-state index in [9.17, 15) is 9.18 Å². The lowest BCUT2D eigenvalue weighted by Crippen LogP contribution is -2.32. The first kappa shape index (κ1) is 25.0. The lowest BCUT2D eigenvalue weighted by molar-refractivity contribution is 0.100. The van der Waals surface area contributed by atoms with Crippen LogP contribution in [0.15, 0.2) is 41.5 Å². The van der Waals surface area contributed by atoms with Crippen LogP contribution in [0.1, 0.15) is 60.0 Å². The van der Waals surface area contributed by atoms with E-state index in [1.165, 1.54) is 31.1 Å². The van der Waals surface area contributed by atoms with E-state index < -0.39 is 6.17 Å². The van der Waals surface area contributed by atoms with Gasteiger partial charge in [-0.2, -0.15) is 0 Å². The normalized spacial score (nSPS) is 21.5. The molecule has 0 bridgehead atoms. The van der Waals surface area contributed by atoms with E-state index in [4.69, 9.17) is 4.74 Å². The summed E-state index contributed by atoms with van der Waals surface area (Å²) in [6.07, 6.45) is 9.35. The zero-order chi connectivity index (χ0) is 24.9. The molecule has 0 saturated heterocycles. The average Bonchev–Trinajstić information content (AvgIpc) is 3.32. The highest BCUT2D eigenvalue weighted by Crippen LogP contribution is 2.33. The van der Waals surface area contributed by atoms with Gasteiger partial charge in [-0.25, -0.2) is 14.4 Å². The number of carbonyl (C=O) groups excluding carboxylic acids is 1. The van der Waals surface area contributed by atoms with Crippen LogP contribution in [0.25, 0.3) is 10.9 Å². The van der Waals surface area contributed by atoms with Gasteiger partial charge in [0.25, 0.3) is 11.1 Å². The Hall–Kier alpha value is -2.71. The predicted octanol–water partition coefficient (Wildman–Crippen LogP) is 5.89. The first-order chi connectivity index (χ1) is 17.5. The highest BCUT2D eigenvalue weighted by molar-refractivity contribution is 7.13. The van der Waals surface area contributed by atoms with Crippen molar-refractivity contribution in [3.63, 3.8) is 0 Å².